The molecule has 0 saturated heterocycles. The molecule has 1 aliphatic carbocycles. The first kappa shape index (κ1) is 22.3. The Morgan fingerprint density at radius 1 is 1.12 bits per heavy atom. The van der Waals surface area contributed by atoms with E-state index >= 15 is 0 Å². The highest BCUT2D eigenvalue weighted by Gasteiger charge is 2.38. The summed E-state index contributed by atoms with van der Waals surface area (Å²) in [7, 11) is -4.09. The van der Waals surface area contributed by atoms with Gasteiger partial charge in [-0.25, -0.2) is 21.8 Å². The topological polar surface area (TPSA) is 66.6 Å². The van der Waals surface area contributed by atoms with Crippen molar-refractivity contribution in [2.75, 3.05) is 18.8 Å². The van der Waals surface area contributed by atoms with E-state index in [1.54, 1.807) is 0 Å². The summed E-state index contributed by atoms with van der Waals surface area (Å²) in [6.07, 6.45) is 9.29. The number of nitrogens with zero attached hydrogens (tertiary/aromatic N) is 2. The van der Waals surface area contributed by atoms with E-state index in [0.717, 1.165) is 66.4 Å². The lowest BCUT2D eigenvalue weighted by Crippen LogP contribution is -2.19. The number of fused-ring (bicyclic) bond motifs is 1. The summed E-state index contributed by atoms with van der Waals surface area (Å²) in [5.74, 6) is -1.51. The van der Waals surface area contributed by atoms with Crippen LogP contribution in [0, 0.1) is 17.6 Å². The fourth-order valence-electron chi connectivity index (χ4n) is 5.48. The molecule has 1 saturated carbocycles. The second-order valence-corrected chi connectivity index (χ2v) is 11.4. The fraction of sp³-hybridized carbons (Fsp3) is 0.480. The molecule has 3 aliphatic heterocycles. The average Bonchev–Trinajstić information content (AvgIpc) is 3.49. The van der Waals surface area contributed by atoms with E-state index in [1.807, 2.05) is 6.20 Å². The number of hydrogen-bond donors (Lipinski definition) is 0. The summed E-state index contributed by atoms with van der Waals surface area (Å²) in [6.45, 7) is 1.12. The molecule has 1 aromatic rings. The molecule has 174 valence electrons. The maximum absolute atomic E-state index is 14.1. The van der Waals surface area contributed by atoms with Gasteiger partial charge in [0.2, 0.25) is 0 Å². The normalized spacial score (nSPS) is 21.2. The van der Waals surface area contributed by atoms with Crippen molar-refractivity contribution in [3.05, 3.63) is 52.8 Å². The van der Waals surface area contributed by atoms with Gasteiger partial charge in [-0.15, -0.1) is 0 Å². The van der Waals surface area contributed by atoms with Crippen molar-refractivity contribution >= 4 is 27.0 Å². The Kier molecular flexibility index (Phi) is 5.89. The van der Waals surface area contributed by atoms with E-state index in [0.29, 0.717) is 37.4 Å². The second-order valence-electron chi connectivity index (χ2n) is 9.41. The monoisotopic (exact) mass is 473 g/mol. The third kappa shape index (κ3) is 4.37. The number of hydrogen-bond acceptors (Lipinski definition) is 4. The maximum atomic E-state index is 14.1. The molecule has 0 unspecified atom stereocenters. The predicted molar refractivity (Wildman–Crippen MR) is 121 cm³/mol. The molecule has 8 heteroatoms. The Bertz CT molecular complexity index is 1250. The van der Waals surface area contributed by atoms with Crippen LogP contribution in [-0.4, -0.2) is 49.0 Å². The Morgan fingerprint density at radius 2 is 1.91 bits per heavy atom. The molecule has 33 heavy (non-hydrogen) atoms. The van der Waals surface area contributed by atoms with Gasteiger partial charge in [0.25, 0.3) is 0 Å². The van der Waals surface area contributed by atoms with Gasteiger partial charge in [0.1, 0.15) is 23.1 Å². The van der Waals surface area contributed by atoms with Gasteiger partial charge in [-0.3, -0.25) is 9.79 Å². The number of benzene rings is 1. The molecular formula is C25H27F2N2O3S+. The van der Waals surface area contributed by atoms with Crippen LogP contribution in [0.3, 0.4) is 0 Å². The van der Waals surface area contributed by atoms with Crippen LogP contribution in [0.2, 0.25) is 0 Å². The standard InChI is InChI=1S/C25H27F2N2O3S/c26-18-7-8-21(27)25(12-18)33(31,32)15-22-19-6-3-9-29-14-17(11-23(29)20(19)13-28-22)24(30)10-16-4-1-2-5-16/h7-8,12,14,16H,1-6,9-11,13,15H2/q+1. The summed E-state index contributed by atoms with van der Waals surface area (Å²) in [5.41, 5.74) is 4.15. The molecule has 0 N–H and O–H groups in total. The minimum atomic E-state index is -4.09. The van der Waals surface area contributed by atoms with Crippen LogP contribution in [0.4, 0.5) is 8.78 Å². The molecular weight excluding hydrogens is 446 g/mol. The van der Waals surface area contributed by atoms with Gasteiger partial charge in [-0.05, 0) is 36.1 Å². The highest BCUT2D eigenvalue weighted by atomic mass is 32.2. The number of allylic oxidation sites excluding steroid dienone is 2. The first-order valence-corrected chi connectivity index (χ1v) is 13.3. The van der Waals surface area contributed by atoms with Crippen LogP contribution in [0.5, 0.6) is 0 Å². The molecule has 0 atom stereocenters. The number of carbonyl (C=O) groups is 1. The van der Waals surface area contributed by atoms with Crippen molar-refractivity contribution in [2.24, 2.45) is 10.9 Å². The van der Waals surface area contributed by atoms with Crippen molar-refractivity contribution in [1.29, 1.82) is 0 Å². The van der Waals surface area contributed by atoms with Gasteiger partial charge in [0, 0.05) is 18.4 Å². The number of ketones is 1. The van der Waals surface area contributed by atoms with Gasteiger partial charge < -0.3 is 0 Å². The van der Waals surface area contributed by atoms with Crippen molar-refractivity contribution in [2.45, 2.75) is 56.3 Å². The van der Waals surface area contributed by atoms with Crippen LogP contribution < -0.4 is 0 Å². The molecule has 1 fully saturated rings. The molecule has 0 spiro atoms. The third-order valence-electron chi connectivity index (χ3n) is 7.19. The van der Waals surface area contributed by atoms with Crippen LogP contribution in [0.1, 0.15) is 51.4 Å². The highest BCUT2D eigenvalue weighted by Crippen LogP contribution is 2.33. The fourth-order valence-corrected chi connectivity index (χ4v) is 6.92. The van der Waals surface area contributed by atoms with Gasteiger partial charge in [0.05, 0.1) is 30.0 Å². The van der Waals surface area contributed by atoms with E-state index in [1.165, 1.54) is 12.8 Å². The largest absolute Gasteiger partial charge is 0.294 e. The average molecular weight is 474 g/mol. The SMILES string of the molecule is O=C(CC1CCCC1)C1=C[N+]2=C(C1)C1=C(CCC2)C(CS(=O)(=O)c2cc(F)ccc2F)=NC1. The molecule has 0 bridgehead atoms. The summed E-state index contributed by atoms with van der Waals surface area (Å²) >= 11 is 0. The van der Waals surface area contributed by atoms with Gasteiger partial charge >= 0.3 is 0 Å². The summed E-state index contributed by atoms with van der Waals surface area (Å²) < 4.78 is 55.6. The molecule has 0 aromatic heterocycles. The number of sulfone groups is 1. The minimum absolute atomic E-state index is 0.216. The summed E-state index contributed by atoms with van der Waals surface area (Å²) in [4.78, 5) is 16.7. The zero-order valence-electron chi connectivity index (χ0n) is 18.4. The van der Waals surface area contributed by atoms with E-state index in [-0.39, 0.29) is 5.78 Å². The first-order chi connectivity index (χ1) is 15.8. The van der Waals surface area contributed by atoms with E-state index < -0.39 is 32.1 Å². The van der Waals surface area contributed by atoms with Gasteiger partial charge in [-0.2, -0.15) is 0 Å². The van der Waals surface area contributed by atoms with E-state index in [2.05, 4.69) is 9.57 Å². The third-order valence-corrected chi connectivity index (χ3v) is 8.83. The predicted octanol–water partition coefficient (Wildman–Crippen LogP) is 4.17. The van der Waals surface area contributed by atoms with Crippen LogP contribution in [-0.2, 0) is 14.6 Å². The number of Topliss-reactive ketones (excluding diaryl/α,β-unsaturated/α-hetero) is 1. The molecule has 1 aromatic carbocycles. The lowest BCUT2D eigenvalue weighted by atomic mass is 9.93. The minimum Gasteiger partial charge on any atom is -0.294 e. The Morgan fingerprint density at radius 3 is 2.70 bits per heavy atom. The number of aliphatic imine (C=N–C) groups is 1. The van der Waals surface area contributed by atoms with E-state index in [9.17, 15) is 22.0 Å². The van der Waals surface area contributed by atoms with Crippen LogP contribution in [0.15, 0.2) is 51.0 Å². The lowest BCUT2D eigenvalue weighted by molar-refractivity contribution is -0.454. The summed E-state index contributed by atoms with van der Waals surface area (Å²) in [5, 5.41) is 0. The first-order valence-electron chi connectivity index (χ1n) is 11.6. The zero-order valence-corrected chi connectivity index (χ0v) is 19.3. The Balaban J connectivity index is 1.35. The summed E-state index contributed by atoms with van der Waals surface area (Å²) in [6, 6.07) is 2.45. The van der Waals surface area contributed by atoms with Gasteiger partial charge in [0.15, 0.2) is 27.5 Å². The van der Waals surface area contributed by atoms with Crippen molar-refractivity contribution in [3.8, 4) is 0 Å². The van der Waals surface area contributed by atoms with Gasteiger partial charge in [-0.1, -0.05) is 25.7 Å². The number of halogens is 2. The number of carbonyl (C=O) groups excluding carboxylic acids is 1. The Hall–Kier alpha value is -2.48. The zero-order chi connectivity index (χ0) is 23.2. The molecule has 5 rings (SSSR count). The maximum Gasteiger partial charge on any atom is 0.191 e. The highest BCUT2D eigenvalue weighted by molar-refractivity contribution is 7.92. The molecule has 5 nitrogen and oxygen atoms in total. The van der Waals surface area contributed by atoms with Crippen molar-refractivity contribution in [1.82, 2.24) is 0 Å². The molecule has 0 amide bonds. The molecule has 4 aliphatic rings. The molecule has 0 radical (unpaired) electrons. The van der Waals surface area contributed by atoms with E-state index in [4.69, 9.17) is 0 Å². The van der Waals surface area contributed by atoms with Crippen LogP contribution >= 0.6 is 0 Å². The quantitative estimate of drug-likeness (QED) is 0.583. The Labute approximate surface area is 192 Å². The van der Waals surface area contributed by atoms with Crippen molar-refractivity contribution < 1.29 is 26.6 Å². The molecule has 3 heterocycles. The van der Waals surface area contributed by atoms with Crippen molar-refractivity contribution in [3.63, 3.8) is 0 Å². The smallest absolute Gasteiger partial charge is 0.191 e. The second kappa shape index (κ2) is 8.70. The van der Waals surface area contributed by atoms with Crippen LogP contribution in [0.25, 0.3) is 0 Å². The lowest BCUT2D eigenvalue weighted by Gasteiger charge is -2.09. The number of rotatable bonds is 6.